The lowest BCUT2D eigenvalue weighted by Gasteiger charge is -2.34. The third kappa shape index (κ3) is 2.77. The lowest BCUT2D eigenvalue weighted by Crippen LogP contribution is -2.24. The molecule has 1 aromatic heterocycles. The van der Waals surface area contributed by atoms with Crippen LogP contribution in [0.25, 0.3) is 11.4 Å². The highest BCUT2D eigenvalue weighted by molar-refractivity contribution is 5.72. The van der Waals surface area contributed by atoms with Gasteiger partial charge in [-0.25, -0.2) is 4.68 Å². The van der Waals surface area contributed by atoms with E-state index in [1.807, 2.05) is 16.8 Å². The molecule has 0 aliphatic heterocycles. The summed E-state index contributed by atoms with van der Waals surface area (Å²) in [6.45, 7) is 6.73. The van der Waals surface area contributed by atoms with Gasteiger partial charge in [0.05, 0.1) is 6.04 Å². The lowest BCUT2D eigenvalue weighted by atomic mass is 9.75. The Labute approximate surface area is 125 Å². The summed E-state index contributed by atoms with van der Waals surface area (Å²) in [6, 6.07) is 6.37. The molecule has 0 saturated heterocycles. The van der Waals surface area contributed by atoms with Crippen LogP contribution in [0.5, 0.6) is 0 Å². The molecule has 2 N–H and O–H groups in total. The number of rotatable bonds is 2. The average molecular weight is 285 g/mol. The molecule has 5 nitrogen and oxygen atoms in total. The zero-order valence-electron chi connectivity index (χ0n) is 13.0. The van der Waals surface area contributed by atoms with Crippen LogP contribution in [0.3, 0.4) is 0 Å². The zero-order chi connectivity index (χ0) is 15.0. The van der Waals surface area contributed by atoms with Crippen molar-refractivity contribution >= 4 is 5.69 Å². The van der Waals surface area contributed by atoms with E-state index in [1.165, 1.54) is 18.4 Å². The van der Waals surface area contributed by atoms with Crippen molar-refractivity contribution in [2.45, 2.75) is 52.5 Å². The number of tetrazole rings is 1. The Kier molecular flexibility index (Phi) is 3.43. The Morgan fingerprint density at radius 3 is 2.67 bits per heavy atom. The second-order valence-corrected chi connectivity index (χ2v) is 6.93. The number of aryl methyl sites for hydroxylation is 1. The topological polar surface area (TPSA) is 69.6 Å². The van der Waals surface area contributed by atoms with Gasteiger partial charge in [0.15, 0.2) is 5.82 Å². The summed E-state index contributed by atoms with van der Waals surface area (Å²) >= 11 is 0. The van der Waals surface area contributed by atoms with Crippen LogP contribution in [0, 0.1) is 12.3 Å². The summed E-state index contributed by atoms with van der Waals surface area (Å²) in [4.78, 5) is 0. The first kappa shape index (κ1) is 14.0. The summed E-state index contributed by atoms with van der Waals surface area (Å²) < 4.78 is 1.97. The standard InChI is InChI=1S/C16H23N5/c1-11-4-5-14(17)13(10-11)15-18-19-20-21(15)12-6-8-16(2,3)9-7-12/h4-5,10,12H,6-9,17H2,1-3H3. The van der Waals surface area contributed by atoms with Gasteiger partial charge in [0, 0.05) is 11.3 Å². The molecule has 1 aliphatic rings. The van der Waals surface area contributed by atoms with Gasteiger partial charge < -0.3 is 5.73 Å². The first-order chi connectivity index (χ1) is 9.96. The molecule has 0 bridgehead atoms. The minimum atomic E-state index is 0.378. The van der Waals surface area contributed by atoms with Gasteiger partial charge in [-0.2, -0.15) is 0 Å². The molecule has 0 amide bonds. The van der Waals surface area contributed by atoms with Crippen LogP contribution in [-0.4, -0.2) is 20.2 Å². The van der Waals surface area contributed by atoms with Crippen LogP contribution < -0.4 is 5.73 Å². The highest BCUT2D eigenvalue weighted by Gasteiger charge is 2.30. The number of hydrogen-bond acceptors (Lipinski definition) is 4. The van der Waals surface area contributed by atoms with Crippen LogP contribution >= 0.6 is 0 Å². The zero-order valence-corrected chi connectivity index (χ0v) is 13.0. The first-order valence-corrected chi connectivity index (χ1v) is 7.61. The maximum Gasteiger partial charge on any atom is 0.184 e. The highest BCUT2D eigenvalue weighted by atomic mass is 15.5. The summed E-state index contributed by atoms with van der Waals surface area (Å²) in [7, 11) is 0. The quantitative estimate of drug-likeness (QED) is 0.859. The Hall–Kier alpha value is -1.91. The van der Waals surface area contributed by atoms with Crippen molar-refractivity contribution in [3.05, 3.63) is 23.8 Å². The molecule has 1 aromatic carbocycles. The van der Waals surface area contributed by atoms with Gasteiger partial charge >= 0.3 is 0 Å². The number of nitrogens with two attached hydrogens (primary N) is 1. The molecular weight excluding hydrogens is 262 g/mol. The third-order valence-electron chi connectivity index (χ3n) is 4.60. The molecule has 5 heteroatoms. The van der Waals surface area contributed by atoms with Crippen molar-refractivity contribution in [2.75, 3.05) is 5.73 Å². The predicted molar refractivity (Wildman–Crippen MR) is 83.7 cm³/mol. The second-order valence-electron chi connectivity index (χ2n) is 6.93. The molecule has 1 heterocycles. The molecule has 0 unspecified atom stereocenters. The van der Waals surface area contributed by atoms with E-state index in [2.05, 4.69) is 42.4 Å². The maximum atomic E-state index is 6.11. The number of benzene rings is 1. The van der Waals surface area contributed by atoms with Crippen LogP contribution in [0.4, 0.5) is 5.69 Å². The first-order valence-electron chi connectivity index (χ1n) is 7.61. The monoisotopic (exact) mass is 285 g/mol. The lowest BCUT2D eigenvalue weighted by molar-refractivity contribution is 0.185. The van der Waals surface area contributed by atoms with Crippen LogP contribution in [0.2, 0.25) is 0 Å². The van der Waals surface area contributed by atoms with E-state index < -0.39 is 0 Å². The van der Waals surface area contributed by atoms with Crippen LogP contribution in [-0.2, 0) is 0 Å². The predicted octanol–water partition coefficient (Wildman–Crippen LogP) is 3.37. The van der Waals surface area contributed by atoms with Crippen LogP contribution in [0.15, 0.2) is 18.2 Å². The maximum absolute atomic E-state index is 6.11. The highest BCUT2D eigenvalue weighted by Crippen LogP contribution is 2.41. The number of nitrogens with zero attached hydrogens (tertiary/aromatic N) is 4. The molecule has 1 fully saturated rings. The summed E-state index contributed by atoms with van der Waals surface area (Å²) in [5.74, 6) is 0.793. The molecule has 0 atom stereocenters. The molecule has 112 valence electrons. The van der Waals surface area contributed by atoms with Gasteiger partial charge in [0.25, 0.3) is 0 Å². The van der Waals surface area contributed by atoms with E-state index in [1.54, 1.807) is 0 Å². The third-order valence-corrected chi connectivity index (χ3v) is 4.60. The molecular formula is C16H23N5. The fraction of sp³-hybridized carbons (Fsp3) is 0.562. The van der Waals surface area contributed by atoms with Crippen molar-refractivity contribution in [1.29, 1.82) is 0 Å². The van der Waals surface area contributed by atoms with Crippen molar-refractivity contribution in [3.63, 3.8) is 0 Å². The Morgan fingerprint density at radius 1 is 1.24 bits per heavy atom. The van der Waals surface area contributed by atoms with E-state index in [0.29, 0.717) is 11.5 Å². The molecule has 2 aromatic rings. The smallest absolute Gasteiger partial charge is 0.184 e. The fourth-order valence-corrected chi connectivity index (χ4v) is 3.11. The Balaban J connectivity index is 1.93. The molecule has 1 saturated carbocycles. The molecule has 0 radical (unpaired) electrons. The normalized spacial score (nSPS) is 18.8. The summed E-state index contributed by atoms with van der Waals surface area (Å²) in [6.07, 6.45) is 4.66. The van der Waals surface area contributed by atoms with Crippen molar-refractivity contribution in [3.8, 4) is 11.4 Å². The number of aromatic nitrogens is 4. The minimum Gasteiger partial charge on any atom is -0.398 e. The second kappa shape index (κ2) is 5.13. The van der Waals surface area contributed by atoms with E-state index in [9.17, 15) is 0 Å². The number of hydrogen-bond donors (Lipinski definition) is 1. The molecule has 1 aliphatic carbocycles. The number of anilines is 1. The SMILES string of the molecule is Cc1ccc(N)c(-c2nnnn2C2CCC(C)(C)CC2)c1. The van der Waals surface area contributed by atoms with Gasteiger partial charge in [0.2, 0.25) is 0 Å². The average Bonchev–Trinajstić information content (AvgIpc) is 2.90. The Bertz CT molecular complexity index is 634. The fourth-order valence-electron chi connectivity index (χ4n) is 3.11. The van der Waals surface area contributed by atoms with Gasteiger partial charge in [0.1, 0.15) is 0 Å². The summed E-state index contributed by atoms with van der Waals surface area (Å²) in [5.41, 5.74) is 9.38. The Morgan fingerprint density at radius 2 is 1.95 bits per heavy atom. The van der Waals surface area contributed by atoms with Crippen molar-refractivity contribution < 1.29 is 0 Å². The molecule has 21 heavy (non-hydrogen) atoms. The van der Waals surface area contributed by atoms with Crippen molar-refractivity contribution in [1.82, 2.24) is 20.2 Å². The van der Waals surface area contributed by atoms with E-state index in [-0.39, 0.29) is 0 Å². The van der Waals surface area contributed by atoms with Gasteiger partial charge in [-0.05, 0) is 60.6 Å². The van der Waals surface area contributed by atoms with Gasteiger partial charge in [-0.3, -0.25) is 0 Å². The van der Waals surface area contributed by atoms with Crippen molar-refractivity contribution in [2.24, 2.45) is 5.41 Å². The van der Waals surface area contributed by atoms with Gasteiger partial charge in [-0.15, -0.1) is 5.10 Å². The summed E-state index contributed by atoms with van der Waals surface area (Å²) in [5, 5.41) is 12.3. The number of nitrogen functional groups attached to an aromatic ring is 1. The van der Waals surface area contributed by atoms with E-state index in [0.717, 1.165) is 29.9 Å². The van der Waals surface area contributed by atoms with E-state index >= 15 is 0 Å². The van der Waals surface area contributed by atoms with Crippen LogP contribution in [0.1, 0.15) is 51.1 Å². The van der Waals surface area contributed by atoms with E-state index in [4.69, 9.17) is 5.73 Å². The van der Waals surface area contributed by atoms with Gasteiger partial charge in [-0.1, -0.05) is 25.5 Å². The molecule has 0 spiro atoms. The molecule has 3 rings (SSSR count). The minimum absolute atomic E-state index is 0.378. The largest absolute Gasteiger partial charge is 0.398 e.